The predicted molar refractivity (Wildman–Crippen MR) is 120 cm³/mol. The Morgan fingerprint density at radius 2 is 1.74 bits per heavy atom. The smallest absolute Gasteiger partial charge is 0.343 e. The van der Waals surface area contributed by atoms with Crippen molar-refractivity contribution in [3.63, 3.8) is 0 Å². The monoisotopic (exact) mass is 438 g/mol. The van der Waals surface area contributed by atoms with E-state index in [4.69, 9.17) is 0 Å². The molecule has 0 aromatic heterocycles. The molecule has 0 heterocycles. The van der Waals surface area contributed by atoms with Crippen LogP contribution in [0, 0.1) is 19.9 Å². The van der Waals surface area contributed by atoms with Gasteiger partial charge in [0.25, 0.3) is 0 Å². The van der Waals surface area contributed by atoms with E-state index in [-0.39, 0.29) is 26.2 Å². The van der Waals surface area contributed by atoms with Crippen molar-refractivity contribution in [2.24, 2.45) is 0 Å². The van der Waals surface area contributed by atoms with Crippen LogP contribution in [0.4, 0.5) is 0 Å². The van der Waals surface area contributed by atoms with E-state index in [2.05, 4.69) is 95.0 Å². The standard InChI is InChI=1S/C9H7.C9H11.2C4H9.Zr/c1-2-5-9-7-3-6-8(9)4-1;1-2-3-6-9-7-4-5-8-9;2*1-3-4-2;/h1-7H;2,4,7H,1,3,5-6H2;2*1,3-4H2,2H3;/q4*-1;+4. The molecule has 1 aliphatic carbocycles. The predicted octanol–water partition coefficient (Wildman–Crippen LogP) is 8.44. The summed E-state index contributed by atoms with van der Waals surface area (Å²) in [6.45, 7) is 15.1. The third-order valence-corrected chi connectivity index (χ3v) is 3.64. The van der Waals surface area contributed by atoms with Gasteiger partial charge < -0.3 is 13.8 Å². The zero-order valence-electron chi connectivity index (χ0n) is 17.3. The van der Waals surface area contributed by atoms with Crippen molar-refractivity contribution in [2.45, 2.75) is 58.8 Å². The molecule has 0 saturated heterocycles. The second-order valence-corrected chi connectivity index (χ2v) is 6.00. The molecule has 2 aromatic rings. The zero-order chi connectivity index (χ0) is 19.5. The van der Waals surface area contributed by atoms with Gasteiger partial charge in [0.1, 0.15) is 0 Å². The van der Waals surface area contributed by atoms with Gasteiger partial charge in [-0.25, -0.2) is 11.6 Å². The van der Waals surface area contributed by atoms with E-state index in [0.29, 0.717) is 0 Å². The molecule has 1 heteroatoms. The van der Waals surface area contributed by atoms with Gasteiger partial charge in [-0.15, -0.1) is 42.7 Å². The third-order valence-electron chi connectivity index (χ3n) is 3.64. The van der Waals surface area contributed by atoms with Crippen LogP contribution in [0.5, 0.6) is 0 Å². The molecule has 0 fully saturated rings. The molecule has 144 valence electrons. The van der Waals surface area contributed by atoms with Crippen LogP contribution in [-0.4, -0.2) is 0 Å². The Morgan fingerprint density at radius 1 is 1.11 bits per heavy atom. The first kappa shape index (κ1) is 28.1. The molecule has 2 aromatic carbocycles. The summed E-state index contributed by atoms with van der Waals surface area (Å²) in [4.78, 5) is 0. The molecule has 0 unspecified atom stereocenters. The van der Waals surface area contributed by atoms with Crippen molar-refractivity contribution in [1.82, 2.24) is 0 Å². The molecule has 0 bridgehead atoms. The van der Waals surface area contributed by atoms with Crippen LogP contribution in [0.15, 0.2) is 72.8 Å². The summed E-state index contributed by atoms with van der Waals surface area (Å²) in [6.07, 6.45) is 17.2. The Balaban J connectivity index is 0. The van der Waals surface area contributed by atoms with E-state index < -0.39 is 0 Å². The minimum absolute atomic E-state index is 0. The van der Waals surface area contributed by atoms with Gasteiger partial charge in [-0.2, -0.15) is 36.4 Å². The van der Waals surface area contributed by atoms with Crippen molar-refractivity contribution in [2.75, 3.05) is 0 Å². The van der Waals surface area contributed by atoms with E-state index in [9.17, 15) is 0 Å². The summed E-state index contributed by atoms with van der Waals surface area (Å²) in [5.74, 6) is 0. The van der Waals surface area contributed by atoms with Gasteiger partial charge in [0.05, 0.1) is 0 Å². The van der Waals surface area contributed by atoms with Crippen LogP contribution in [0.1, 0.15) is 58.8 Å². The Morgan fingerprint density at radius 3 is 2.22 bits per heavy atom. The summed E-state index contributed by atoms with van der Waals surface area (Å²) in [5, 5.41) is 2.66. The van der Waals surface area contributed by atoms with Gasteiger partial charge in [0, 0.05) is 0 Å². The fraction of sp³-hybridized carbons (Fsp3) is 0.346. The number of unbranched alkanes of at least 4 members (excludes halogenated alkanes) is 2. The number of allylic oxidation sites excluding steroid dienone is 5. The largest absolute Gasteiger partial charge is 4.00 e. The van der Waals surface area contributed by atoms with E-state index >= 15 is 0 Å². The van der Waals surface area contributed by atoms with Gasteiger partial charge in [-0.3, -0.25) is 6.08 Å². The molecule has 0 amide bonds. The van der Waals surface area contributed by atoms with Crippen LogP contribution in [0.3, 0.4) is 0 Å². The van der Waals surface area contributed by atoms with E-state index in [1.54, 1.807) is 0 Å². The van der Waals surface area contributed by atoms with Gasteiger partial charge in [0.15, 0.2) is 0 Å². The van der Waals surface area contributed by atoms with Crippen LogP contribution in [0.2, 0.25) is 0 Å². The number of benzene rings is 1. The van der Waals surface area contributed by atoms with Crippen molar-refractivity contribution in [1.29, 1.82) is 0 Å². The normalized spacial score (nSPS) is 10.9. The maximum Gasteiger partial charge on any atom is 4.00 e. The quantitative estimate of drug-likeness (QED) is 0.324. The second-order valence-electron chi connectivity index (χ2n) is 6.00. The molecule has 0 nitrogen and oxygen atoms in total. The van der Waals surface area contributed by atoms with Crippen LogP contribution < -0.4 is 0 Å². The molecule has 0 N–H and O–H groups in total. The first-order chi connectivity index (χ1) is 12.7. The second kappa shape index (κ2) is 21.2. The third kappa shape index (κ3) is 15.7. The summed E-state index contributed by atoms with van der Waals surface area (Å²) in [6, 6.07) is 14.7. The van der Waals surface area contributed by atoms with Crippen LogP contribution in [-0.2, 0) is 26.2 Å². The Kier molecular flexibility index (Phi) is 22.1. The van der Waals surface area contributed by atoms with Crippen LogP contribution in [0.25, 0.3) is 10.8 Å². The first-order valence-electron chi connectivity index (χ1n) is 9.79. The molecule has 0 spiro atoms. The molecular weight excluding hydrogens is 404 g/mol. The van der Waals surface area contributed by atoms with Gasteiger partial charge >= 0.3 is 26.2 Å². The van der Waals surface area contributed by atoms with Gasteiger partial charge in [0.2, 0.25) is 0 Å². The fourth-order valence-electron chi connectivity index (χ4n) is 1.95. The number of fused-ring (bicyclic) bond motifs is 1. The average molecular weight is 440 g/mol. The molecule has 3 rings (SSSR count). The minimum atomic E-state index is 0. The van der Waals surface area contributed by atoms with Gasteiger partial charge in [-0.1, -0.05) is 45.3 Å². The molecule has 0 aliphatic heterocycles. The van der Waals surface area contributed by atoms with Gasteiger partial charge in [-0.05, 0) is 6.42 Å². The molecule has 0 saturated carbocycles. The van der Waals surface area contributed by atoms with Crippen molar-refractivity contribution in [3.05, 3.63) is 92.8 Å². The minimum Gasteiger partial charge on any atom is -0.343 e. The van der Waals surface area contributed by atoms with E-state index in [1.165, 1.54) is 29.2 Å². The molecular formula is C26H36Zr. The molecule has 0 radical (unpaired) electrons. The Bertz CT molecular complexity index is 578. The number of hydrogen-bond acceptors (Lipinski definition) is 0. The van der Waals surface area contributed by atoms with E-state index in [1.807, 2.05) is 6.08 Å². The van der Waals surface area contributed by atoms with Crippen molar-refractivity contribution in [3.8, 4) is 0 Å². The van der Waals surface area contributed by atoms with Crippen molar-refractivity contribution >= 4 is 10.8 Å². The Labute approximate surface area is 187 Å². The fourth-order valence-corrected chi connectivity index (χ4v) is 1.95. The topological polar surface area (TPSA) is 0 Å². The number of rotatable bonds is 5. The zero-order valence-corrected chi connectivity index (χ0v) is 19.8. The summed E-state index contributed by atoms with van der Waals surface area (Å²) in [7, 11) is 0. The maximum atomic E-state index is 3.66. The summed E-state index contributed by atoms with van der Waals surface area (Å²) in [5.41, 5.74) is 1.34. The molecule has 1 aliphatic rings. The van der Waals surface area contributed by atoms with Crippen LogP contribution >= 0.6 is 0 Å². The molecule has 0 atom stereocenters. The van der Waals surface area contributed by atoms with E-state index in [0.717, 1.165) is 32.1 Å². The van der Waals surface area contributed by atoms with Crippen molar-refractivity contribution < 1.29 is 26.2 Å². The maximum absolute atomic E-state index is 3.66. The first-order valence-corrected chi connectivity index (χ1v) is 9.79. The summed E-state index contributed by atoms with van der Waals surface area (Å²) >= 11 is 0. The Hall–Kier alpha value is -1.07. The molecule has 27 heavy (non-hydrogen) atoms. The summed E-state index contributed by atoms with van der Waals surface area (Å²) < 4.78 is 0. The average Bonchev–Trinajstić information content (AvgIpc) is 3.38. The number of hydrogen-bond donors (Lipinski definition) is 0. The SMILES string of the molecule is C=CCCC1=[C-]CC=C1.[CH2-]CCC.[CH2-]CCC.[Zr+4].c1ccc2[cH-]ccc2c1.